The summed E-state index contributed by atoms with van der Waals surface area (Å²) in [7, 11) is 0. The van der Waals surface area contributed by atoms with Gasteiger partial charge in [0, 0.05) is 35.8 Å². The van der Waals surface area contributed by atoms with Gasteiger partial charge in [-0.1, -0.05) is 11.6 Å². The number of halogens is 1. The minimum absolute atomic E-state index is 0.0308. The molecule has 0 radical (unpaired) electrons. The van der Waals surface area contributed by atoms with Gasteiger partial charge in [0.1, 0.15) is 10.9 Å². The van der Waals surface area contributed by atoms with Crippen LogP contribution in [0.3, 0.4) is 0 Å². The van der Waals surface area contributed by atoms with Crippen LogP contribution in [0.5, 0.6) is 5.75 Å². The molecule has 0 spiro atoms. The van der Waals surface area contributed by atoms with E-state index in [1.54, 1.807) is 18.5 Å². The van der Waals surface area contributed by atoms with E-state index < -0.39 is 0 Å². The van der Waals surface area contributed by atoms with E-state index in [-0.39, 0.29) is 12.1 Å². The maximum absolute atomic E-state index is 5.92. The van der Waals surface area contributed by atoms with E-state index in [0.717, 1.165) is 11.1 Å². The molecule has 2 rings (SSSR count). The zero-order valence-corrected chi connectivity index (χ0v) is 12.3. The Morgan fingerprint density at radius 3 is 2.90 bits per heavy atom. The van der Waals surface area contributed by atoms with Crippen LogP contribution in [0.4, 0.5) is 0 Å². The van der Waals surface area contributed by atoms with E-state index in [4.69, 9.17) is 26.8 Å². The summed E-state index contributed by atoms with van der Waals surface area (Å²) in [4.78, 5) is 8.48. The van der Waals surface area contributed by atoms with E-state index in [0.29, 0.717) is 24.1 Å². The first-order valence-corrected chi connectivity index (χ1v) is 6.83. The largest absolute Gasteiger partial charge is 0.490 e. The molecular weight excluding hydrogens is 278 g/mol. The van der Waals surface area contributed by atoms with E-state index >= 15 is 0 Å². The highest BCUT2D eigenvalue weighted by molar-refractivity contribution is 6.29. The Bertz CT molecular complexity index is 525. The summed E-state index contributed by atoms with van der Waals surface area (Å²) in [5, 5.41) is 0.380. The molecule has 0 aromatic carbocycles. The fraction of sp³-hybridized carbons (Fsp3) is 0.429. The van der Waals surface area contributed by atoms with Gasteiger partial charge in [0.15, 0.2) is 0 Å². The number of ether oxygens (including phenoxy) is 2. The van der Waals surface area contributed by atoms with E-state index in [9.17, 15) is 0 Å². The van der Waals surface area contributed by atoms with Crippen LogP contribution in [0.2, 0.25) is 5.15 Å². The monoisotopic (exact) mass is 295 g/mol. The van der Waals surface area contributed by atoms with Crippen LogP contribution >= 0.6 is 11.6 Å². The van der Waals surface area contributed by atoms with Crippen LogP contribution in [0, 0.1) is 0 Å². The van der Waals surface area contributed by atoms with Crippen molar-refractivity contribution in [2.24, 2.45) is 10.7 Å². The van der Waals surface area contributed by atoms with Crippen molar-refractivity contribution in [3.63, 3.8) is 0 Å². The maximum Gasteiger partial charge on any atom is 0.132 e. The Balaban J connectivity index is 2.26. The van der Waals surface area contributed by atoms with Crippen molar-refractivity contribution in [2.75, 3.05) is 13.2 Å². The lowest BCUT2D eigenvalue weighted by Crippen LogP contribution is -2.31. The first-order chi connectivity index (χ1) is 9.60. The molecule has 0 saturated carbocycles. The normalized spacial score (nSPS) is 16.7. The minimum Gasteiger partial charge on any atom is -0.490 e. The fourth-order valence-electron chi connectivity index (χ4n) is 1.68. The minimum atomic E-state index is 0.0308. The average Bonchev–Trinajstić information content (AvgIpc) is 2.33. The Morgan fingerprint density at radius 2 is 2.35 bits per heavy atom. The second-order valence-electron chi connectivity index (χ2n) is 4.76. The number of rotatable bonds is 5. The van der Waals surface area contributed by atoms with Crippen LogP contribution in [0.25, 0.3) is 5.57 Å². The van der Waals surface area contributed by atoms with Crippen LogP contribution in [-0.2, 0) is 4.74 Å². The van der Waals surface area contributed by atoms with Gasteiger partial charge in [-0.25, -0.2) is 4.98 Å². The van der Waals surface area contributed by atoms with Gasteiger partial charge < -0.3 is 15.2 Å². The molecule has 2 heterocycles. The number of nitrogens with zero attached hydrogens (tertiary/aromatic N) is 2. The molecule has 1 aromatic heterocycles. The Hall–Kier alpha value is -1.59. The standard InChI is InChI=1S/C14H18ClN3O2/c1-9(2)20-13-3-14(15)18-6-12(13)10(4-16)5-17-11-7-19-8-11/h3-6,9,11H,7-8,16H2,1-2H3. The van der Waals surface area contributed by atoms with Crippen LogP contribution in [-0.4, -0.2) is 36.6 Å². The van der Waals surface area contributed by atoms with Gasteiger partial charge in [0.2, 0.25) is 0 Å². The van der Waals surface area contributed by atoms with Gasteiger partial charge in [-0.2, -0.15) is 0 Å². The predicted octanol–water partition coefficient (Wildman–Crippen LogP) is 2.29. The number of aliphatic imine (C=N–C) groups is 1. The highest BCUT2D eigenvalue weighted by atomic mass is 35.5. The first-order valence-electron chi connectivity index (χ1n) is 6.45. The molecule has 5 nitrogen and oxygen atoms in total. The van der Waals surface area contributed by atoms with Gasteiger partial charge >= 0.3 is 0 Å². The fourth-order valence-corrected chi connectivity index (χ4v) is 1.83. The van der Waals surface area contributed by atoms with E-state index in [1.807, 2.05) is 13.8 Å². The smallest absolute Gasteiger partial charge is 0.132 e. The van der Waals surface area contributed by atoms with Crippen LogP contribution in [0.1, 0.15) is 19.4 Å². The Labute approximate surface area is 123 Å². The lowest BCUT2D eigenvalue weighted by atomic mass is 10.1. The molecule has 1 aliphatic heterocycles. The molecule has 108 valence electrons. The maximum atomic E-state index is 5.92. The van der Waals surface area contributed by atoms with E-state index in [1.165, 1.54) is 6.20 Å². The number of aromatic nitrogens is 1. The molecule has 0 aliphatic carbocycles. The molecule has 0 atom stereocenters. The second-order valence-corrected chi connectivity index (χ2v) is 5.15. The summed E-state index contributed by atoms with van der Waals surface area (Å²) in [5.41, 5.74) is 7.21. The number of hydrogen-bond acceptors (Lipinski definition) is 5. The number of allylic oxidation sites excluding steroid dienone is 1. The molecule has 6 heteroatoms. The van der Waals surface area contributed by atoms with Crippen molar-refractivity contribution in [3.8, 4) is 5.75 Å². The lowest BCUT2D eigenvalue weighted by Gasteiger charge is -2.21. The van der Waals surface area contributed by atoms with Crippen molar-refractivity contribution < 1.29 is 9.47 Å². The summed E-state index contributed by atoms with van der Waals surface area (Å²) in [6.07, 6.45) is 4.89. The van der Waals surface area contributed by atoms with Crippen LogP contribution in [0.15, 0.2) is 23.5 Å². The number of hydrogen-bond donors (Lipinski definition) is 1. The SMILES string of the molecule is CC(C)Oc1cc(Cl)ncc1C(C=NC1COC1)=CN. The molecule has 1 aliphatic rings. The highest BCUT2D eigenvalue weighted by Crippen LogP contribution is 2.27. The second kappa shape index (κ2) is 6.72. The zero-order chi connectivity index (χ0) is 14.5. The molecule has 1 saturated heterocycles. The van der Waals surface area contributed by atoms with Crippen molar-refractivity contribution >= 4 is 23.4 Å². The van der Waals surface area contributed by atoms with Gasteiger partial charge in [0.05, 0.1) is 25.4 Å². The molecule has 20 heavy (non-hydrogen) atoms. The Morgan fingerprint density at radius 1 is 1.60 bits per heavy atom. The summed E-state index contributed by atoms with van der Waals surface area (Å²) in [6, 6.07) is 1.89. The highest BCUT2D eigenvalue weighted by Gasteiger charge is 2.17. The van der Waals surface area contributed by atoms with Crippen molar-refractivity contribution in [1.29, 1.82) is 0 Å². The van der Waals surface area contributed by atoms with Gasteiger partial charge in [0.25, 0.3) is 0 Å². The topological polar surface area (TPSA) is 69.7 Å². The van der Waals surface area contributed by atoms with Crippen molar-refractivity contribution in [1.82, 2.24) is 4.98 Å². The molecule has 1 aromatic rings. The third-order valence-electron chi connectivity index (χ3n) is 2.73. The lowest BCUT2D eigenvalue weighted by molar-refractivity contribution is 0.0136. The molecule has 0 amide bonds. The average molecular weight is 296 g/mol. The number of nitrogens with two attached hydrogens (primary N) is 1. The van der Waals surface area contributed by atoms with E-state index in [2.05, 4.69) is 9.98 Å². The third-order valence-corrected chi connectivity index (χ3v) is 2.94. The zero-order valence-electron chi connectivity index (χ0n) is 11.5. The predicted molar refractivity (Wildman–Crippen MR) is 80.3 cm³/mol. The quantitative estimate of drug-likeness (QED) is 0.668. The van der Waals surface area contributed by atoms with Crippen molar-refractivity contribution in [3.05, 3.63) is 29.2 Å². The molecule has 0 bridgehead atoms. The third kappa shape index (κ3) is 3.71. The molecular formula is C14H18ClN3O2. The number of pyridine rings is 1. The van der Waals surface area contributed by atoms with Gasteiger partial charge in [-0.3, -0.25) is 4.99 Å². The molecule has 0 unspecified atom stereocenters. The van der Waals surface area contributed by atoms with Gasteiger partial charge in [-0.15, -0.1) is 0 Å². The first kappa shape index (κ1) is 14.8. The summed E-state index contributed by atoms with van der Waals surface area (Å²) in [6.45, 7) is 5.21. The Kier molecular flexibility index (Phi) is 4.98. The van der Waals surface area contributed by atoms with Crippen molar-refractivity contribution in [2.45, 2.75) is 26.0 Å². The van der Waals surface area contributed by atoms with Crippen LogP contribution < -0.4 is 10.5 Å². The van der Waals surface area contributed by atoms with Gasteiger partial charge in [-0.05, 0) is 13.8 Å². The summed E-state index contributed by atoms with van der Waals surface area (Å²) >= 11 is 5.92. The summed E-state index contributed by atoms with van der Waals surface area (Å²) in [5.74, 6) is 0.646. The molecule has 1 fully saturated rings. The molecule has 2 N–H and O–H groups in total. The summed E-state index contributed by atoms with van der Waals surface area (Å²) < 4.78 is 10.8.